The van der Waals surface area contributed by atoms with Gasteiger partial charge in [-0.1, -0.05) is 6.92 Å². The fourth-order valence-corrected chi connectivity index (χ4v) is 4.68. The van der Waals surface area contributed by atoms with Crippen molar-refractivity contribution in [1.29, 1.82) is 0 Å². The number of nitrogens with zero attached hydrogens (tertiary/aromatic N) is 1. The van der Waals surface area contributed by atoms with Gasteiger partial charge in [0.15, 0.2) is 0 Å². The lowest BCUT2D eigenvalue weighted by Crippen LogP contribution is -2.33. The van der Waals surface area contributed by atoms with Crippen LogP contribution in [0.1, 0.15) is 34.8 Å². The standard InChI is InChI=1S/C12H18N2O3S2/c1-7-4-8(2)14(6-7)12(15)10-5-11(9(3)18-10)19(13,16)17/h5,7-8H,4,6H2,1-3H3,(H2,13,16,17). The highest BCUT2D eigenvalue weighted by atomic mass is 32.2. The number of hydrogen-bond donors (Lipinski definition) is 1. The summed E-state index contributed by atoms with van der Waals surface area (Å²) in [6.07, 6.45) is 0.984. The summed E-state index contributed by atoms with van der Waals surface area (Å²) < 4.78 is 22.8. The van der Waals surface area contributed by atoms with Crippen LogP contribution in [0.4, 0.5) is 0 Å². The Balaban J connectivity index is 2.31. The van der Waals surface area contributed by atoms with Gasteiger partial charge in [0.05, 0.1) is 9.77 Å². The highest BCUT2D eigenvalue weighted by Crippen LogP contribution is 2.29. The molecule has 1 aliphatic heterocycles. The molecule has 106 valence electrons. The predicted octanol–water partition coefficient (Wildman–Crippen LogP) is 1.57. The number of likely N-dealkylation sites (tertiary alicyclic amines) is 1. The van der Waals surface area contributed by atoms with E-state index < -0.39 is 10.0 Å². The maximum absolute atomic E-state index is 12.4. The first-order chi connectivity index (χ1) is 8.70. The maximum atomic E-state index is 12.4. The fourth-order valence-electron chi connectivity index (χ4n) is 2.58. The summed E-state index contributed by atoms with van der Waals surface area (Å²) in [7, 11) is -3.75. The summed E-state index contributed by atoms with van der Waals surface area (Å²) in [6.45, 7) is 6.51. The van der Waals surface area contributed by atoms with Crippen LogP contribution in [-0.4, -0.2) is 31.8 Å². The molecular formula is C12H18N2O3S2. The maximum Gasteiger partial charge on any atom is 0.264 e. The Morgan fingerprint density at radius 3 is 2.53 bits per heavy atom. The highest BCUT2D eigenvalue weighted by Gasteiger charge is 2.32. The van der Waals surface area contributed by atoms with Gasteiger partial charge in [0.2, 0.25) is 10.0 Å². The van der Waals surface area contributed by atoms with Gasteiger partial charge in [-0.2, -0.15) is 0 Å². The van der Waals surface area contributed by atoms with Crippen LogP contribution >= 0.6 is 11.3 Å². The summed E-state index contributed by atoms with van der Waals surface area (Å²) in [6, 6.07) is 1.59. The number of aryl methyl sites for hydroxylation is 1. The van der Waals surface area contributed by atoms with Gasteiger partial charge in [-0.05, 0) is 32.3 Å². The van der Waals surface area contributed by atoms with E-state index in [4.69, 9.17) is 5.14 Å². The van der Waals surface area contributed by atoms with Gasteiger partial charge in [0.25, 0.3) is 5.91 Å². The molecule has 2 atom stereocenters. The monoisotopic (exact) mass is 302 g/mol. The van der Waals surface area contributed by atoms with Crippen LogP contribution in [0.2, 0.25) is 0 Å². The van der Waals surface area contributed by atoms with Gasteiger partial charge < -0.3 is 4.90 Å². The SMILES string of the molecule is Cc1sc(C(=O)N2CC(C)CC2C)cc1S(N)(=O)=O. The molecule has 2 heterocycles. The minimum Gasteiger partial charge on any atom is -0.335 e. The van der Waals surface area contributed by atoms with Crippen LogP contribution in [0, 0.1) is 12.8 Å². The summed E-state index contributed by atoms with van der Waals surface area (Å²) >= 11 is 1.19. The largest absolute Gasteiger partial charge is 0.335 e. The predicted molar refractivity (Wildman–Crippen MR) is 74.7 cm³/mol. The van der Waals surface area contributed by atoms with Crippen molar-refractivity contribution in [3.05, 3.63) is 15.8 Å². The molecule has 5 nitrogen and oxygen atoms in total. The number of hydrogen-bond acceptors (Lipinski definition) is 4. The molecule has 2 rings (SSSR count). The van der Waals surface area contributed by atoms with Gasteiger partial charge in [0.1, 0.15) is 0 Å². The second-order valence-electron chi connectivity index (χ2n) is 5.22. The zero-order valence-corrected chi connectivity index (χ0v) is 12.8. The molecule has 0 radical (unpaired) electrons. The number of carbonyl (C=O) groups is 1. The van der Waals surface area contributed by atoms with Crippen molar-refractivity contribution in [2.45, 2.75) is 38.1 Å². The normalized spacial score (nSPS) is 23.9. The molecule has 19 heavy (non-hydrogen) atoms. The van der Waals surface area contributed by atoms with Gasteiger partial charge in [-0.3, -0.25) is 4.79 Å². The van der Waals surface area contributed by atoms with Crippen molar-refractivity contribution >= 4 is 27.3 Å². The Morgan fingerprint density at radius 1 is 1.47 bits per heavy atom. The average molecular weight is 302 g/mol. The molecule has 1 aromatic rings. The Morgan fingerprint density at radius 2 is 2.11 bits per heavy atom. The first-order valence-corrected chi connectivity index (χ1v) is 8.50. The molecule has 2 N–H and O–H groups in total. The van der Waals surface area contributed by atoms with E-state index in [-0.39, 0.29) is 16.8 Å². The molecule has 1 aliphatic rings. The number of nitrogens with two attached hydrogens (primary N) is 1. The van der Waals surface area contributed by atoms with Crippen molar-refractivity contribution in [2.24, 2.45) is 11.1 Å². The zero-order chi connectivity index (χ0) is 14.4. The molecule has 0 aliphatic carbocycles. The molecule has 1 amide bonds. The van der Waals surface area contributed by atoms with Crippen molar-refractivity contribution in [3.63, 3.8) is 0 Å². The number of amides is 1. The smallest absolute Gasteiger partial charge is 0.264 e. The molecule has 0 bridgehead atoms. The van der Waals surface area contributed by atoms with E-state index in [1.165, 1.54) is 17.4 Å². The molecule has 1 aromatic heterocycles. The van der Waals surface area contributed by atoms with E-state index in [1.807, 2.05) is 11.8 Å². The average Bonchev–Trinajstić information content (AvgIpc) is 2.80. The molecular weight excluding hydrogens is 284 g/mol. The summed E-state index contributed by atoms with van der Waals surface area (Å²) in [5, 5.41) is 5.13. The van der Waals surface area contributed by atoms with Gasteiger partial charge in [-0.15, -0.1) is 11.3 Å². The summed E-state index contributed by atoms with van der Waals surface area (Å²) in [5.74, 6) is 0.387. The summed E-state index contributed by atoms with van der Waals surface area (Å²) in [5.41, 5.74) is 0. The first kappa shape index (κ1) is 14.5. The third-order valence-corrected chi connectivity index (χ3v) is 5.64. The summed E-state index contributed by atoms with van der Waals surface area (Å²) in [4.78, 5) is 15.3. The minimum atomic E-state index is -3.75. The Labute approximate surface area is 117 Å². The number of carbonyl (C=O) groups excluding carboxylic acids is 1. The second kappa shape index (κ2) is 4.88. The van der Waals surface area contributed by atoms with E-state index in [2.05, 4.69) is 6.92 Å². The Kier molecular flexibility index (Phi) is 3.72. The van der Waals surface area contributed by atoms with E-state index in [1.54, 1.807) is 6.92 Å². The highest BCUT2D eigenvalue weighted by molar-refractivity contribution is 7.89. The second-order valence-corrected chi connectivity index (χ2v) is 8.01. The number of thiophene rings is 1. The zero-order valence-electron chi connectivity index (χ0n) is 11.2. The third-order valence-electron chi connectivity index (χ3n) is 3.43. The molecule has 7 heteroatoms. The van der Waals surface area contributed by atoms with Crippen LogP contribution in [0.15, 0.2) is 11.0 Å². The lowest BCUT2D eigenvalue weighted by molar-refractivity contribution is 0.0748. The van der Waals surface area contributed by atoms with Crippen LogP contribution in [0.5, 0.6) is 0 Å². The first-order valence-electron chi connectivity index (χ1n) is 6.14. The van der Waals surface area contributed by atoms with Crippen LogP contribution in [0.3, 0.4) is 0 Å². The van der Waals surface area contributed by atoms with E-state index >= 15 is 0 Å². The van der Waals surface area contributed by atoms with Gasteiger partial charge >= 0.3 is 0 Å². The molecule has 1 saturated heterocycles. The quantitative estimate of drug-likeness (QED) is 0.900. The lowest BCUT2D eigenvalue weighted by Gasteiger charge is -2.20. The minimum absolute atomic E-state index is 0.0562. The van der Waals surface area contributed by atoms with E-state index in [9.17, 15) is 13.2 Å². The Hall–Kier alpha value is -0.920. The van der Waals surface area contributed by atoms with Crippen molar-refractivity contribution in [1.82, 2.24) is 4.90 Å². The van der Waals surface area contributed by atoms with Crippen molar-refractivity contribution < 1.29 is 13.2 Å². The molecule has 1 fully saturated rings. The van der Waals surface area contributed by atoms with Crippen molar-refractivity contribution in [2.75, 3.05) is 6.54 Å². The third kappa shape index (κ3) is 2.82. The molecule has 2 unspecified atom stereocenters. The lowest BCUT2D eigenvalue weighted by atomic mass is 10.1. The van der Waals surface area contributed by atoms with E-state index in [0.717, 1.165) is 13.0 Å². The van der Waals surface area contributed by atoms with Gasteiger partial charge in [0, 0.05) is 17.5 Å². The fraction of sp³-hybridized carbons (Fsp3) is 0.583. The molecule has 0 aromatic carbocycles. The molecule has 0 spiro atoms. The van der Waals surface area contributed by atoms with Crippen molar-refractivity contribution in [3.8, 4) is 0 Å². The molecule has 0 saturated carbocycles. The van der Waals surface area contributed by atoms with Crippen LogP contribution in [0.25, 0.3) is 0 Å². The van der Waals surface area contributed by atoms with Crippen LogP contribution < -0.4 is 5.14 Å². The topological polar surface area (TPSA) is 80.5 Å². The number of primary sulfonamides is 1. The van der Waals surface area contributed by atoms with Gasteiger partial charge in [-0.25, -0.2) is 13.6 Å². The number of sulfonamides is 1. The Bertz CT molecular complexity index is 606. The van der Waals surface area contributed by atoms with Crippen LogP contribution in [-0.2, 0) is 10.0 Å². The number of rotatable bonds is 2. The van der Waals surface area contributed by atoms with E-state index in [0.29, 0.717) is 15.7 Å².